The number of likely N-dealkylation sites (tertiary alicyclic amines) is 1. The van der Waals surface area contributed by atoms with Crippen LogP contribution in [-0.4, -0.2) is 53.9 Å². The Kier molecular flexibility index (Phi) is 5.43. The molecule has 1 aliphatic rings. The Hall–Kier alpha value is -2.63. The number of halogens is 1. The molecule has 0 bridgehead atoms. The van der Waals surface area contributed by atoms with Gasteiger partial charge in [0.15, 0.2) is 0 Å². The summed E-state index contributed by atoms with van der Waals surface area (Å²) < 4.78 is 0. The predicted octanol–water partition coefficient (Wildman–Crippen LogP) is 4.01. The lowest BCUT2D eigenvalue weighted by Crippen LogP contribution is -2.44. The smallest absolute Gasteiger partial charge is 0.256 e. The summed E-state index contributed by atoms with van der Waals surface area (Å²) in [6.45, 7) is 1.56. The zero-order valence-corrected chi connectivity index (χ0v) is 17.4. The van der Waals surface area contributed by atoms with Crippen molar-refractivity contribution in [3.63, 3.8) is 0 Å². The highest BCUT2D eigenvalue weighted by Crippen LogP contribution is 2.26. The average Bonchev–Trinajstić information content (AvgIpc) is 2.74. The molecule has 1 aromatic heterocycles. The fourth-order valence-corrected chi connectivity index (χ4v) is 4.20. The first-order chi connectivity index (χ1) is 13.9. The summed E-state index contributed by atoms with van der Waals surface area (Å²) in [7, 11) is 4.18. The molecule has 1 N–H and O–H groups in total. The molecule has 150 valence electrons. The van der Waals surface area contributed by atoms with Crippen LogP contribution in [0.15, 0.2) is 53.3 Å². The van der Waals surface area contributed by atoms with Gasteiger partial charge in [0.1, 0.15) is 0 Å². The van der Waals surface area contributed by atoms with Crippen molar-refractivity contribution in [2.75, 3.05) is 27.2 Å². The summed E-state index contributed by atoms with van der Waals surface area (Å²) in [4.78, 5) is 32.3. The zero-order chi connectivity index (χ0) is 20.5. The van der Waals surface area contributed by atoms with Crippen molar-refractivity contribution in [3.8, 4) is 11.3 Å². The molecule has 1 amide bonds. The fraction of sp³-hybridized carbons (Fsp3) is 0.304. The van der Waals surface area contributed by atoms with E-state index >= 15 is 0 Å². The average molecular weight is 410 g/mol. The third-order valence-electron chi connectivity index (χ3n) is 5.76. The molecule has 0 unspecified atom stereocenters. The monoisotopic (exact) mass is 409 g/mol. The maximum Gasteiger partial charge on any atom is 0.256 e. The third-order valence-corrected chi connectivity index (χ3v) is 6.09. The first-order valence-corrected chi connectivity index (χ1v) is 10.2. The Bertz CT molecular complexity index is 1100. The molecule has 0 aliphatic carbocycles. The number of rotatable bonds is 3. The first-order valence-electron chi connectivity index (χ1n) is 9.82. The second-order valence-corrected chi connectivity index (χ2v) is 8.18. The van der Waals surface area contributed by atoms with Crippen molar-refractivity contribution in [2.45, 2.75) is 18.9 Å². The van der Waals surface area contributed by atoms with Crippen LogP contribution in [0.5, 0.6) is 0 Å². The number of fused-ring (bicyclic) bond motifs is 1. The summed E-state index contributed by atoms with van der Waals surface area (Å²) in [5, 5.41) is 1.83. The van der Waals surface area contributed by atoms with Crippen molar-refractivity contribution in [2.24, 2.45) is 0 Å². The molecule has 4 rings (SSSR count). The first kappa shape index (κ1) is 19.7. The van der Waals surface area contributed by atoms with Crippen LogP contribution >= 0.6 is 11.6 Å². The Morgan fingerprint density at radius 1 is 1.07 bits per heavy atom. The van der Waals surface area contributed by atoms with Gasteiger partial charge in [-0.2, -0.15) is 0 Å². The van der Waals surface area contributed by atoms with Gasteiger partial charge >= 0.3 is 0 Å². The van der Waals surface area contributed by atoms with Crippen molar-refractivity contribution in [3.05, 3.63) is 69.5 Å². The summed E-state index contributed by atoms with van der Waals surface area (Å²) in [5.74, 6) is 0.0591. The quantitative estimate of drug-likeness (QED) is 0.711. The maximum atomic E-state index is 12.8. The van der Waals surface area contributed by atoms with E-state index in [2.05, 4.69) is 24.0 Å². The van der Waals surface area contributed by atoms with E-state index in [1.54, 1.807) is 18.2 Å². The van der Waals surface area contributed by atoms with Gasteiger partial charge in [-0.15, -0.1) is 0 Å². The summed E-state index contributed by atoms with van der Waals surface area (Å²) in [6.07, 6.45) is 1.99. The van der Waals surface area contributed by atoms with E-state index in [-0.39, 0.29) is 11.5 Å². The number of carbonyl (C=O) groups excluding carboxylic acids is 1. The van der Waals surface area contributed by atoms with E-state index < -0.39 is 0 Å². The number of H-pyrrole nitrogens is 1. The molecule has 0 spiro atoms. The molecule has 5 nitrogen and oxygen atoms in total. The highest BCUT2D eigenvalue weighted by Gasteiger charge is 2.24. The number of piperidine rings is 1. The molecule has 1 fully saturated rings. The molecule has 2 aromatic carbocycles. The van der Waals surface area contributed by atoms with E-state index in [0.717, 1.165) is 36.9 Å². The van der Waals surface area contributed by atoms with Gasteiger partial charge in [0.2, 0.25) is 0 Å². The Balaban J connectivity index is 1.56. The molecule has 29 heavy (non-hydrogen) atoms. The molecular weight excluding hydrogens is 386 g/mol. The number of amides is 1. The molecule has 0 radical (unpaired) electrons. The molecule has 2 heterocycles. The van der Waals surface area contributed by atoms with Crippen molar-refractivity contribution in [1.29, 1.82) is 0 Å². The van der Waals surface area contributed by atoms with Gasteiger partial charge in [-0.05, 0) is 62.8 Å². The largest absolute Gasteiger partial charge is 0.339 e. The molecule has 0 atom stereocenters. The number of nitrogens with zero attached hydrogens (tertiary/aromatic N) is 2. The lowest BCUT2D eigenvalue weighted by atomic mass is 10.0. The minimum Gasteiger partial charge on any atom is -0.339 e. The van der Waals surface area contributed by atoms with E-state index in [4.69, 9.17) is 11.6 Å². The molecule has 6 heteroatoms. The third kappa shape index (κ3) is 3.93. The lowest BCUT2D eigenvalue weighted by Gasteiger charge is -2.35. The predicted molar refractivity (Wildman–Crippen MR) is 118 cm³/mol. The van der Waals surface area contributed by atoms with Gasteiger partial charge in [0.25, 0.3) is 11.5 Å². The molecule has 3 aromatic rings. The van der Waals surface area contributed by atoms with E-state index in [1.165, 1.54) is 0 Å². The van der Waals surface area contributed by atoms with Gasteiger partial charge in [-0.25, -0.2) is 0 Å². The SMILES string of the molecule is CN(C)C1CCN(C(=O)c2ccc(-c3cc4c(Cl)cccc4c(=O)[nH]3)cc2)CC1. The van der Waals surface area contributed by atoms with Gasteiger partial charge in [-0.1, -0.05) is 29.8 Å². The van der Waals surface area contributed by atoms with Crippen molar-refractivity contribution < 1.29 is 4.79 Å². The molecule has 0 saturated carbocycles. The number of aromatic amines is 1. The number of hydrogen-bond donors (Lipinski definition) is 1. The van der Waals surface area contributed by atoms with Gasteiger partial charge in [0.05, 0.1) is 0 Å². The van der Waals surface area contributed by atoms with Gasteiger partial charge in [-0.3, -0.25) is 9.59 Å². The second-order valence-electron chi connectivity index (χ2n) is 7.78. The number of carbonyl (C=O) groups is 1. The maximum absolute atomic E-state index is 12.8. The second kappa shape index (κ2) is 8.01. The standard InChI is InChI=1S/C23H24ClN3O2/c1-26(2)17-10-12-27(13-11-17)23(29)16-8-6-15(7-9-16)21-14-19-18(22(28)25-21)4-3-5-20(19)24/h3-9,14,17H,10-13H2,1-2H3,(H,25,28). The van der Waals surface area contributed by atoms with Crippen LogP contribution in [0, 0.1) is 0 Å². The van der Waals surface area contributed by atoms with E-state index in [1.807, 2.05) is 35.2 Å². The summed E-state index contributed by atoms with van der Waals surface area (Å²) in [5.41, 5.74) is 2.01. The normalized spacial score (nSPS) is 15.2. The fourth-order valence-electron chi connectivity index (χ4n) is 3.97. The highest BCUT2D eigenvalue weighted by molar-refractivity contribution is 6.35. The number of nitrogens with one attached hydrogen (secondary N) is 1. The van der Waals surface area contributed by atoms with Crippen LogP contribution in [0.1, 0.15) is 23.2 Å². The summed E-state index contributed by atoms with van der Waals surface area (Å²) >= 11 is 6.27. The van der Waals surface area contributed by atoms with Crippen LogP contribution in [0.4, 0.5) is 0 Å². The Morgan fingerprint density at radius 3 is 2.41 bits per heavy atom. The summed E-state index contributed by atoms with van der Waals surface area (Å²) in [6, 6.07) is 15.1. The van der Waals surface area contributed by atoms with Crippen molar-refractivity contribution in [1.82, 2.24) is 14.8 Å². The lowest BCUT2D eigenvalue weighted by molar-refractivity contribution is 0.0663. The number of hydrogen-bond acceptors (Lipinski definition) is 3. The van der Waals surface area contributed by atoms with Gasteiger partial charge < -0.3 is 14.8 Å². The molecular formula is C23H24ClN3O2. The Morgan fingerprint density at radius 2 is 1.76 bits per heavy atom. The minimum atomic E-state index is -0.177. The van der Waals surface area contributed by atoms with Crippen LogP contribution in [0.2, 0.25) is 5.02 Å². The number of pyridine rings is 1. The van der Waals surface area contributed by atoms with E-state index in [9.17, 15) is 9.59 Å². The van der Waals surface area contributed by atoms with Crippen molar-refractivity contribution >= 4 is 28.3 Å². The number of benzene rings is 2. The van der Waals surface area contributed by atoms with Crippen LogP contribution < -0.4 is 5.56 Å². The Labute approximate surface area is 174 Å². The van der Waals surface area contributed by atoms with Gasteiger partial charge in [0, 0.05) is 46.2 Å². The zero-order valence-electron chi connectivity index (χ0n) is 16.6. The minimum absolute atomic E-state index is 0.0591. The molecule has 1 saturated heterocycles. The van der Waals surface area contributed by atoms with Crippen LogP contribution in [0.25, 0.3) is 22.0 Å². The molecule has 1 aliphatic heterocycles. The van der Waals surface area contributed by atoms with E-state index in [0.29, 0.717) is 27.7 Å². The highest BCUT2D eigenvalue weighted by atomic mass is 35.5. The topological polar surface area (TPSA) is 56.4 Å². The van der Waals surface area contributed by atoms with Crippen LogP contribution in [0.3, 0.4) is 0 Å². The van der Waals surface area contributed by atoms with Crippen LogP contribution in [-0.2, 0) is 0 Å². The number of aromatic nitrogens is 1.